The van der Waals surface area contributed by atoms with Gasteiger partial charge in [-0.3, -0.25) is 0 Å². The lowest BCUT2D eigenvalue weighted by atomic mass is 9.98. The van der Waals surface area contributed by atoms with Crippen molar-refractivity contribution < 1.29 is 9.15 Å². The molecule has 0 aliphatic rings. The molecule has 2 aromatic rings. The SMILES string of the molecule is COc1cc(C)c(Br)cc1C(N)c1cc(C)oc1C. The number of hydrogen-bond donors (Lipinski definition) is 1. The molecule has 0 amide bonds. The van der Waals surface area contributed by atoms with Gasteiger partial charge in [-0.2, -0.15) is 0 Å². The number of ether oxygens (including phenoxy) is 1. The molecule has 0 bridgehead atoms. The zero-order valence-electron chi connectivity index (χ0n) is 11.6. The van der Waals surface area contributed by atoms with E-state index < -0.39 is 0 Å². The van der Waals surface area contributed by atoms with Gasteiger partial charge in [0, 0.05) is 15.6 Å². The van der Waals surface area contributed by atoms with Gasteiger partial charge >= 0.3 is 0 Å². The van der Waals surface area contributed by atoms with Gasteiger partial charge in [0.05, 0.1) is 13.2 Å². The molecular weight excluding hydrogens is 306 g/mol. The molecule has 0 saturated carbocycles. The second-order valence-corrected chi connectivity index (χ2v) is 5.54. The molecule has 1 heterocycles. The normalized spacial score (nSPS) is 12.5. The Morgan fingerprint density at radius 1 is 1.16 bits per heavy atom. The molecule has 0 radical (unpaired) electrons. The van der Waals surface area contributed by atoms with Crippen LogP contribution in [0.25, 0.3) is 0 Å². The van der Waals surface area contributed by atoms with E-state index >= 15 is 0 Å². The first-order valence-electron chi connectivity index (χ1n) is 6.10. The maximum absolute atomic E-state index is 6.36. The van der Waals surface area contributed by atoms with E-state index in [1.807, 2.05) is 39.0 Å². The van der Waals surface area contributed by atoms with Crippen LogP contribution >= 0.6 is 15.9 Å². The van der Waals surface area contributed by atoms with Crippen LogP contribution in [0.4, 0.5) is 0 Å². The number of furan rings is 1. The van der Waals surface area contributed by atoms with Gasteiger partial charge in [-0.25, -0.2) is 0 Å². The summed E-state index contributed by atoms with van der Waals surface area (Å²) in [4.78, 5) is 0. The molecule has 0 fully saturated rings. The van der Waals surface area contributed by atoms with E-state index in [4.69, 9.17) is 14.9 Å². The number of halogens is 1. The summed E-state index contributed by atoms with van der Waals surface area (Å²) >= 11 is 3.54. The van der Waals surface area contributed by atoms with Crippen molar-refractivity contribution >= 4 is 15.9 Å². The zero-order chi connectivity index (χ0) is 14.2. The Morgan fingerprint density at radius 3 is 2.37 bits per heavy atom. The first kappa shape index (κ1) is 14.2. The van der Waals surface area contributed by atoms with E-state index in [1.54, 1.807) is 7.11 Å². The first-order chi connectivity index (χ1) is 8.93. The predicted molar refractivity (Wildman–Crippen MR) is 79.6 cm³/mol. The number of benzene rings is 1. The summed E-state index contributed by atoms with van der Waals surface area (Å²) in [5.74, 6) is 2.52. The predicted octanol–water partition coefficient (Wildman–Crippen LogP) is 4.02. The van der Waals surface area contributed by atoms with E-state index in [2.05, 4.69) is 15.9 Å². The lowest BCUT2D eigenvalue weighted by Gasteiger charge is -2.17. The molecule has 2 rings (SSSR count). The van der Waals surface area contributed by atoms with E-state index in [1.165, 1.54) is 0 Å². The quantitative estimate of drug-likeness (QED) is 0.927. The Morgan fingerprint density at radius 2 is 1.84 bits per heavy atom. The van der Waals surface area contributed by atoms with Crippen LogP contribution in [0.2, 0.25) is 0 Å². The number of aryl methyl sites for hydroxylation is 3. The molecule has 0 aliphatic heterocycles. The highest BCUT2D eigenvalue weighted by Crippen LogP contribution is 2.34. The molecule has 4 heteroatoms. The first-order valence-corrected chi connectivity index (χ1v) is 6.90. The highest BCUT2D eigenvalue weighted by Gasteiger charge is 2.19. The fourth-order valence-electron chi connectivity index (χ4n) is 2.22. The Hall–Kier alpha value is -1.26. The van der Waals surface area contributed by atoms with Crippen molar-refractivity contribution in [3.8, 4) is 5.75 Å². The van der Waals surface area contributed by atoms with Crippen LogP contribution in [0.3, 0.4) is 0 Å². The fourth-order valence-corrected chi connectivity index (χ4v) is 2.58. The summed E-state index contributed by atoms with van der Waals surface area (Å²) in [6.07, 6.45) is 0. The third-order valence-electron chi connectivity index (χ3n) is 3.26. The van der Waals surface area contributed by atoms with Crippen molar-refractivity contribution in [1.82, 2.24) is 0 Å². The molecule has 1 aromatic heterocycles. The minimum absolute atomic E-state index is 0.260. The zero-order valence-corrected chi connectivity index (χ0v) is 13.2. The summed E-state index contributed by atoms with van der Waals surface area (Å²) in [6, 6.07) is 5.72. The monoisotopic (exact) mass is 323 g/mol. The van der Waals surface area contributed by atoms with Crippen LogP contribution < -0.4 is 10.5 Å². The molecule has 3 nitrogen and oxygen atoms in total. The van der Waals surface area contributed by atoms with Crippen molar-refractivity contribution in [2.45, 2.75) is 26.8 Å². The standard InChI is InChI=1S/C15H18BrNO2/c1-8-5-14(18-4)12(7-13(8)16)15(17)11-6-9(2)19-10(11)3/h5-7,15H,17H2,1-4H3. The molecule has 102 valence electrons. The van der Waals surface area contributed by atoms with Gasteiger partial charge in [-0.1, -0.05) is 15.9 Å². The maximum Gasteiger partial charge on any atom is 0.124 e. The molecule has 1 aromatic carbocycles. The molecule has 1 unspecified atom stereocenters. The Bertz CT molecular complexity index is 604. The second kappa shape index (κ2) is 5.39. The number of methoxy groups -OCH3 is 1. The van der Waals surface area contributed by atoms with Crippen molar-refractivity contribution in [2.75, 3.05) is 7.11 Å². The molecule has 0 aliphatic carbocycles. The summed E-state index contributed by atoms with van der Waals surface area (Å²) in [7, 11) is 1.66. The lowest BCUT2D eigenvalue weighted by Crippen LogP contribution is -2.13. The maximum atomic E-state index is 6.36. The van der Waals surface area contributed by atoms with Gasteiger partial charge in [-0.15, -0.1) is 0 Å². The van der Waals surface area contributed by atoms with E-state index in [0.717, 1.165) is 38.4 Å². The largest absolute Gasteiger partial charge is 0.496 e. The minimum Gasteiger partial charge on any atom is -0.496 e. The summed E-state index contributed by atoms with van der Waals surface area (Å²) in [6.45, 7) is 5.87. The fraction of sp³-hybridized carbons (Fsp3) is 0.333. The molecule has 19 heavy (non-hydrogen) atoms. The molecule has 0 spiro atoms. The van der Waals surface area contributed by atoms with Gasteiger partial charge in [0.1, 0.15) is 17.3 Å². The van der Waals surface area contributed by atoms with Crippen LogP contribution in [0, 0.1) is 20.8 Å². The topological polar surface area (TPSA) is 48.4 Å². The summed E-state index contributed by atoms with van der Waals surface area (Å²) < 4.78 is 12.0. The third kappa shape index (κ3) is 2.69. The van der Waals surface area contributed by atoms with Crippen LogP contribution in [-0.2, 0) is 0 Å². The molecule has 2 N–H and O–H groups in total. The number of nitrogens with two attached hydrogens (primary N) is 1. The molecular formula is C15H18BrNO2. The Balaban J connectivity index is 2.52. The van der Waals surface area contributed by atoms with Gasteiger partial charge in [0.15, 0.2) is 0 Å². The van der Waals surface area contributed by atoms with Crippen molar-refractivity contribution in [1.29, 1.82) is 0 Å². The van der Waals surface area contributed by atoms with Crippen molar-refractivity contribution in [3.05, 3.63) is 50.9 Å². The van der Waals surface area contributed by atoms with Gasteiger partial charge < -0.3 is 14.9 Å². The van der Waals surface area contributed by atoms with Gasteiger partial charge in [-0.05, 0) is 44.5 Å². The highest BCUT2D eigenvalue weighted by atomic mass is 79.9. The van der Waals surface area contributed by atoms with Gasteiger partial charge in [0.25, 0.3) is 0 Å². The Labute approximate surface area is 121 Å². The van der Waals surface area contributed by atoms with Crippen molar-refractivity contribution in [3.63, 3.8) is 0 Å². The molecule has 1 atom stereocenters. The van der Waals surface area contributed by atoms with E-state index in [0.29, 0.717) is 0 Å². The number of rotatable bonds is 3. The average molecular weight is 324 g/mol. The van der Waals surface area contributed by atoms with E-state index in [9.17, 15) is 0 Å². The highest BCUT2D eigenvalue weighted by molar-refractivity contribution is 9.10. The van der Waals surface area contributed by atoms with Crippen LogP contribution in [0.1, 0.15) is 34.3 Å². The van der Waals surface area contributed by atoms with Crippen LogP contribution in [0.15, 0.2) is 27.1 Å². The lowest BCUT2D eigenvalue weighted by molar-refractivity contribution is 0.407. The van der Waals surface area contributed by atoms with Crippen molar-refractivity contribution in [2.24, 2.45) is 5.73 Å². The Kier molecular flexibility index (Phi) is 4.02. The summed E-state index contributed by atoms with van der Waals surface area (Å²) in [5.41, 5.74) is 9.42. The summed E-state index contributed by atoms with van der Waals surface area (Å²) in [5, 5.41) is 0. The minimum atomic E-state index is -0.260. The van der Waals surface area contributed by atoms with E-state index in [-0.39, 0.29) is 6.04 Å². The number of hydrogen-bond acceptors (Lipinski definition) is 3. The van der Waals surface area contributed by atoms with Gasteiger partial charge in [0.2, 0.25) is 0 Å². The third-order valence-corrected chi connectivity index (χ3v) is 4.11. The van der Waals surface area contributed by atoms with Crippen LogP contribution in [-0.4, -0.2) is 7.11 Å². The average Bonchev–Trinajstić information content (AvgIpc) is 2.70. The smallest absolute Gasteiger partial charge is 0.124 e. The second-order valence-electron chi connectivity index (χ2n) is 4.69. The molecule has 0 saturated heterocycles. The van der Waals surface area contributed by atoms with Crippen LogP contribution in [0.5, 0.6) is 5.75 Å².